The highest BCUT2D eigenvalue weighted by Crippen LogP contribution is 2.47. The lowest BCUT2D eigenvalue weighted by Crippen LogP contribution is -2.12. The van der Waals surface area contributed by atoms with Crippen molar-refractivity contribution in [3.63, 3.8) is 0 Å². The summed E-state index contributed by atoms with van der Waals surface area (Å²) in [6, 6.07) is 28.5. The lowest BCUT2D eigenvalue weighted by atomic mass is 9.81. The van der Waals surface area contributed by atoms with E-state index in [1.54, 1.807) is 0 Å². The highest BCUT2D eigenvalue weighted by Gasteiger charge is 2.40. The maximum atomic E-state index is 13.0. The molecule has 0 aliphatic heterocycles. The number of ketones is 1. The van der Waals surface area contributed by atoms with Crippen molar-refractivity contribution in [2.24, 2.45) is 0 Å². The summed E-state index contributed by atoms with van der Waals surface area (Å²) in [4.78, 5) is 13.0. The molecule has 3 aromatic rings. The van der Waals surface area contributed by atoms with Crippen molar-refractivity contribution in [1.82, 2.24) is 0 Å². The number of hydrogen-bond donors (Lipinski definition) is 0. The first-order valence-corrected chi connectivity index (χ1v) is 7.59. The van der Waals surface area contributed by atoms with Crippen LogP contribution in [0.4, 0.5) is 0 Å². The molecule has 2 atom stereocenters. The van der Waals surface area contributed by atoms with Gasteiger partial charge in [-0.2, -0.15) is 0 Å². The summed E-state index contributed by atoms with van der Waals surface area (Å²) in [6.45, 7) is 0. The van der Waals surface area contributed by atoms with E-state index in [0.29, 0.717) is 0 Å². The van der Waals surface area contributed by atoms with E-state index < -0.39 is 0 Å². The van der Waals surface area contributed by atoms with Gasteiger partial charge in [-0.15, -0.1) is 0 Å². The van der Waals surface area contributed by atoms with E-state index >= 15 is 0 Å². The molecule has 0 bridgehead atoms. The third-order valence-corrected chi connectivity index (χ3v) is 4.49. The van der Waals surface area contributed by atoms with Crippen molar-refractivity contribution >= 4 is 5.78 Å². The molecule has 0 spiro atoms. The smallest absolute Gasteiger partial charge is 0.171 e. The van der Waals surface area contributed by atoms with Crippen LogP contribution in [0.2, 0.25) is 0 Å². The van der Waals surface area contributed by atoms with E-state index in [2.05, 4.69) is 30.3 Å². The van der Waals surface area contributed by atoms with Crippen LogP contribution in [0.25, 0.3) is 0 Å². The Labute approximate surface area is 130 Å². The summed E-state index contributed by atoms with van der Waals surface area (Å²) in [6.07, 6.45) is 0. The van der Waals surface area contributed by atoms with E-state index in [9.17, 15) is 4.79 Å². The number of fused-ring (bicyclic) bond motifs is 1. The number of carbonyl (C=O) groups excluding carboxylic acids is 1. The molecular weight excluding hydrogens is 268 g/mol. The van der Waals surface area contributed by atoms with Crippen molar-refractivity contribution in [1.29, 1.82) is 0 Å². The van der Waals surface area contributed by atoms with Crippen LogP contribution in [0.1, 0.15) is 38.9 Å². The summed E-state index contributed by atoms with van der Waals surface area (Å²) in [5, 5.41) is 0. The number of Topliss-reactive ketones (excluding diaryl/α,β-unsaturated/α-hetero) is 1. The Morgan fingerprint density at radius 1 is 0.545 bits per heavy atom. The van der Waals surface area contributed by atoms with E-state index in [4.69, 9.17) is 0 Å². The lowest BCUT2D eigenvalue weighted by Gasteiger charge is -2.20. The summed E-state index contributed by atoms with van der Waals surface area (Å²) in [7, 11) is 0. The Balaban J connectivity index is 1.92. The van der Waals surface area contributed by atoms with Crippen molar-refractivity contribution in [3.05, 3.63) is 107 Å². The topological polar surface area (TPSA) is 17.1 Å². The third-order valence-electron chi connectivity index (χ3n) is 4.49. The van der Waals surface area contributed by atoms with Gasteiger partial charge in [0.15, 0.2) is 5.78 Å². The molecule has 0 heterocycles. The summed E-state index contributed by atoms with van der Waals surface area (Å²) in [5.41, 5.74) is 4.31. The van der Waals surface area contributed by atoms with Gasteiger partial charge in [0, 0.05) is 11.5 Å². The Morgan fingerprint density at radius 3 is 1.68 bits per heavy atom. The molecule has 0 radical (unpaired) electrons. The van der Waals surface area contributed by atoms with Crippen molar-refractivity contribution in [2.75, 3.05) is 0 Å². The van der Waals surface area contributed by atoms with Gasteiger partial charge in [-0.1, -0.05) is 84.9 Å². The Bertz CT molecular complexity index is 806. The van der Waals surface area contributed by atoms with Gasteiger partial charge < -0.3 is 0 Å². The number of rotatable bonds is 2. The molecule has 0 aromatic heterocycles. The first-order chi connectivity index (χ1) is 10.9. The number of carbonyl (C=O) groups is 1. The number of hydrogen-bond acceptors (Lipinski definition) is 1. The van der Waals surface area contributed by atoms with Gasteiger partial charge in [0.2, 0.25) is 0 Å². The van der Waals surface area contributed by atoms with Crippen LogP contribution < -0.4 is 0 Å². The summed E-state index contributed by atoms with van der Waals surface area (Å²) < 4.78 is 0. The van der Waals surface area contributed by atoms with Crippen LogP contribution in [0.15, 0.2) is 84.9 Å². The highest BCUT2D eigenvalue weighted by atomic mass is 16.1. The molecule has 1 aliphatic carbocycles. The summed E-state index contributed by atoms with van der Waals surface area (Å²) >= 11 is 0. The van der Waals surface area contributed by atoms with Gasteiger partial charge in [0.1, 0.15) is 0 Å². The van der Waals surface area contributed by atoms with Gasteiger partial charge in [-0.25, -0.2) is 0 Å². The molecule has 0 unspecified atom stereocenters. The quantitative estimate of drug-likeness (QED) is 0.660. The average Bonchev–Trinajstić information content (AvgIpc) is 2.90. The minimum Gasteiger partial charge on any atom is -0.293 e. The molecule has 0 saturated carbocycles. The standard InChI is InChI=1S/C21H16O/c22-21-18-14-8-7-13-17(18)19(15-9-3-1-4-10-15)20(21)16-11-5-2-6-12-16/h1-14,19-20H/t19-,20+/m1/s1. The first-order valence-electron chi connectivity index (χ1n) is 7.59. The minimum absolute atomic E-state index is 0.104. The predicted molar refractivity (Wildman–Crippen MR) is 88.2 cm³/mol. The molecule has 0 amide bonds. The van der Waals surface area contributed by atoms with Crippen LogP contribution >= 0.6 is 0 Å². The maximum absolute atomic E-state index is 13.0. The Morgan fingerprint density at radius 2 is 1.05 bits per heavy atom. The normalized spacial score (nSPS) is 19.9. The highest BCUT2D eigenvalue weighted by molar-refractivity contribution is 6.07. The van der Waals surface area contributed by atoms with Gasteiger partial charge >= 0.3 is 0 Å². The van der Waals surface area contributed by atoms with Crippen LogP contribution in [-0.2, 0) is 0 Å². The van der Waals surface area contributed by atoms with E-state index in [-0.39, 0.29) is 17.6 Å². The van der Waals surface area contributed by atoms with Crippen LogP contribution in [-0.4, -0.2) is 5.78 Å². The fourth-order valence-corrected chi connectivity index (χ4v) is 3.53. The van der Waals surface area contributed by atoms with Crippen LogP contribution in [0.3, 0.4) is 0 Å². The largest absolute Gasteiger partial charge is 0.293 e. The first kappa shape index (κ1) is 13.0. The predicted octanol–water partition coefficient (Wildman–Crippen LogP) is 4.80. The molecule has 3 aromatic carbocycles. The monoisotopic (exact) mass is 284 g/mol. The zero-order valence-corrected chi connectivity index (χ0v) is 12.1. The fourth-order valence-electron chi connectivity index (χ4n) is 3.53. The van der Waals surface area contributed by atoms with Crippen molar-refractivity contribution in [3.8, 4) is 0 Å². The Hall–Kier alpha value is -2.67. The molecule has 0 saturated heterocycles. The third kappa shape index (κ3) is 1.98. The van der Waals surface area contributed by atoms with E-state index in [1.807, 2.05) is 54.6 Å². The van der Waals surface area contributed by atoms with Crippen molar-refractivity contribution in [2.45, 2.75) is 11.8 Å². The second-order valence-corrected chi connectivity index (χ2v) is 5.73. The average molecular weight is 284 g/mol. The molecule has 22 heavy (non-hydrogen) atoms. The minimum atomic E-state index is -0.124. The SMILES string of the molecule is O=C1c2ccccc2[C@@H](c2ccccc2)[C@@H]1c1ccccc1. The number of benzene rings is 3. The zero-order chi connectivity index (χ0) is 14.9. The second-order valence-electron chi connectivity index (χ2n) is 5.73. The molecule has 0 fully saturated rings. The molecule has 1 nitrogen and oxygen atoms in total. The molecule has 4 rings (SSSR count). The maximum Gasteiger partial charge on any atom is 0.171 e. The molecular formula is C21H16O. The zero-order valence-electron chi connectivity index (χ0n) is 12.1. The van der Waals surface area contributed by atoms with Gasteiger partial charge in [0.25, 0.3) is 0 Å². The second kappa shape index (κ2) is 5.27. The van der Waals surface area contributed by atoms with E-state index in [0.717, 1.165) is 16.7 Å². The van der Waals surface area contributed by atoms with E-state index in [1.165, 1.54) is 5.56 Å². The Kier molecular flexibility index (Phi) is 3.12. The van der Waals surface area contributed by atoms with Gasteiger partial charge in [-0.3, -0.25) is 4.79 Å². The van der Waals surface area contributed by atoms with Crippen LogP contribution in [0, 0.1) is 0 Å². The molecule has 1 aliphatic rings. The fraction of sp³-hybridized carbons (Fsp3) is 0.0952. The molecule has 1 heteroatoms. The van der Waals surface area contributed by atoms with Gasteiger partial charge in [0.05, 0.1) is 5.92 Å². The van der Waals surface area contributed by atoms with Crippen LogP contribution in [0.5, 0.6) is 0 Å². The molecule has 106 valence electrons. The van der Waals surface area contributed by atoms with Crippen molar-refractivity contribution < 1.29 is 4.79 Å². The van der Waals surface area contributed by atoms with Gasteiger partial charge in [-0.05, 0) is 16.7 Å². The molecule has 0 N–H and O–H groups in total. The lowest BCUT2D eigenvalue weighted by molar-refractivity contribution is 0.0968. The summed E-state index contributed by atoms with van der Waals surface area (Å²) in [5.74, 6) is 0.212.